The van der Waals surface area contributed by atoms with E-state index in [9.17, 15) is 18.0 Å². The van der Waals surface area contributed by atoms with Crippen LogP contribution in [0.3, 0.4) is 0 Å². The Labute approximate surface area is 75.2 Å². The van der Waals surface area contributed by atoms with Crippen molar-refractivity contribution in [3.8, 4) is 0 Å². The van der Waals surface area contributed by atoms with Crippen LogP contribution in [0.1, 0.15) is 17.4 Å². The number of H-pyrrole nitrogens is 1. The number of hydrogen-bond donors (Lipinski definition) is 3. The summed E-state index contributed by atoms with van der Waals surface area (Å²) in [5, 5.41) is 21.8. The Morgan fingerprint density at radius 3 is 2.57 bits per heavy atom. The van der Waals surface area contributed by atoms with E-state index in [0.717, 1.165) is 0 Å². The van der Waals surface area contributed by atoms with Gasteiger partial charge in [-0.2, -0.15) is 18.3 Å². The number of nitrogens with one attached hydrogen (secondary N) is 1. The number of aromatic amines is 1. The summed E-state index contributed by atoms with van der Waals surface area (Å²) in [6.07, 6.45) is -6.37. The summed E-state index contributed by atoms with van der Waals surface area (Å²) in [7, 11) is 0. The zero-order chi connectivity index (χ0) is 10.9. The van der Waals surface area contributed by atoms with Gasteiger partial charge in [-0.3, -0.25) is 5.10 Å². The predicted molar refractivity (Wildman–Crippen MR) is 36.2 cm³/mol. The van der Waals surface area contributed by atoms with Gasteiger partial charge in [0.25, 0.3) is 0 Å². The monoisotopic (exact) mass is 210 g/mol. The molecule has 1 atom stereocenters. The number of aliphatic hydroxyl groups is 1. The summed E-state index contributed by atoms with van der Waals surface area (Å²) in [4.78, 5) is 10.2. The molecule has 78 valence electrons. The molecule has 0 saturated heterocycles. The van der Waals surface area contributed by atoms with Crippen molar-refractivity contribution in [1.29, 1.82) is 0 Å². The second kappa shape index (κ2) is 3.29. The highest BCUT2D eigenvalue weighted by molar-refractivity contribution is 5.74. The highest BCUT2D eigenvalue weighted by Crippen LogP contribution is 2.32. The van der Waals surface area contributed by atoms with Gasteiger partial charge in [-0.25, -0.2) is 4.79 Å². The van der Waals surface area contributed by atoms with Crippen LogP contribution in [-0.4, -0.2) is 26.4 Å². The predicted octanol–water partition coefficient (Wildman–Crippen LogP) is 0.547. The van der Waals surface area contributed by atoms with Crippen molar-refractivity contribution in [2.45, 2.75) is 12.3 Å². The summed E-state index contributed by atoms with van der Waals surface area (Å²) in [6, 6.07) is 0. The average molecular weight is 210 g/mol. The molecule has 0 aliphatic rings. The lowest BCUT2D eigenvalue weighted by Crippen LogP contribution is -2.16. The Balaban J connectivity index is 3.11. The minimum atomic E-state index is -4.76. The maximum atomic E-state index is 12.1. The van der Waals surface area contributed by atoms with E-state index < -0.39 is 29.5 Å². The molecule has 1 heterocycles. The van der Waals surface area contributed by atoms with Gasteiger partial charge in [-0.05, 0) is 0 Å². The fraction of sp³-hybridized carbons (Fsp3) is 0.333. The second-order valence-corrected chi connectivity index (χ2v) is 2.44. The number of carboxylic acid groups (broad SMARTS) is 1. The summed E-state index contributed by atoms with van der Waals surface area (Å²) >= 11 is 0. The van der Waals surface area contributed by atoms with Gasteiger partial charge in [-0.15, -0.1) is 0 Å². The van der Waals surface area contributed by atoms with E-state index in [1.807, 2.05) is 0 Å². The van der Waals surface area contributed by atoms with Crippen LogP contribution in [0.4, 0.5) is 13.2 Å². The lowest BCUT2D eigenvalue weighted by Gasteiger charge is -2.08. The van der Waals surface area contributed by atoms with Crippen LogP contribution in [0.5, 0.6) is 0 Å². The van der Waals surface area contributed by atoms with E-state index >= 15 is 0 Å². The lowest BCUT2D eigenvalue weighted by molar-refractivity contribution is -0.150. The largest absolute Gasteiger partial charge is 0.479 e. The van der Waals surface area contributed by atoms with E-state index in [-0.39, 0.29) is 0 Å². The van der Waals surface area contributed by atoms with Crippen molar-refractivity contribution in [1.82, 2.24) is 10.2 Å². The zero-order valence-electron chi connectivity index (χ0n) is 6.54. The minimum absolute atomic E-state index is 0.627. The number of halogens is 3. The lowest BCUT2D eigenvalue weighted by atomic mass is 10.1. The average Bonchev–Trinajstić information content (AvgIpc) is 2.48. The van der Waals surface area contributed by atoms with Crippen molar-refractivity contribution in [3.63, 3.8) is 0 Å². The summed E-state index contributed by atoms with van der Waals surface area (Å²) < 4.78 is 36.4. The molecule has 0 aromatic carbocycles. The first kappa shape index (κ1) is 10.5. The minimum Gasteiger partial charge on any atom is -0.479 e. The molecule has 0 radical (unpaired) electrons. The Bertz CT molecular complexity index is 346. The van der Waals surface area contributed by atoms with Crippen LogP contribution < -0.4 is 0 Å². The number of aromatic nitrogens is 2. The number of carbonyl (C=O) groups is 1. The Kier molecular flexibility index (Phi) is 2.47. The van der Waals surface area contributed by atoms with Crippen LogP contribution in [0.2, 0.25) is 0 Å². The number of alkyl halides is 3. The van der Waals surface area contributed by atoms with Gasteiger partial charge in [0.05, 0.1) is 6.20 Å². The molecule has 0 saturated carbocycles. The molecule has 5 nitrogen and oxygen atoms in total. The Morgan fingerprint density at radius 2 is 2.14 bits per heavy atom. The van der Waals surface area contributed by atoms with Gasteiger partial charge in [0.2, 0.25) is 0 Å². The molecule has 14 heavy (non-hydrogen) atoms. The summed E-state index contributed by atoms with van der Waals surface area (Å²) in [5.41, 5.74) is -2.16. The van der Waals surface area contributed by atoms with E-state index in [1.165, 1.54) is 0 Å². The fourth-order valence-electron chi connectivity index (χ4n) is 0.863. The van der Waals surface area contributed by atoms with Crippen molar-refractivity contribution in [2.75, 3.05) is 0 Å². The van der Waals surface area contributed by atoms with Crippen LogP contribution >= 0.6 is 0 Å². The topological polar surface area (TPSA) is 86.2 Å². The van der Waals surface area contributed by atoms with Gasteiger partial charge in [0.1, 0.15) is 5.69 Å². The van der Waals surface area contributed by atoms with E-state index in [4.69, 9.17) is 10.2 Å². The standard InChI is InChI=1S/C6H5F3N2O3/c7-6(8,9)4-2(1-10-11-4)3(12)5(13)14/h1,3,12H,(H,10,11)(H,13,14). The molecule has 1 rings (SSSR count). The number of nitrogens with zero attached hydrogens (tertiary/aromatic N) is 1. The molecule has 3 N–H and O–H groups in total. The van der Waals surface area contributed by atoms with Crippen molar-refractivity contribution in [3.05, 3.63) is 17.5 Å². The Hall–Kier alpha value is -1.57. The molecule has 0 bridgehead atoms. The van der Waals surface area contributed by atoms with Crippen molar-refractivity contribution >= 4 is 5.97 Å². The molecule has 1 unspecified atom stereocenters. The maximum Gasteiger partial charge on any atom is 0.433 e. The third-order valence-electron chi connectivity index (χ3n) is 1.48. The molecule has 0 amide bonds. The van der Waals surface area contributed by atoms with Gasteiger partial charge >= 0.3 is 12.1 Å². The zero-order valence-corrected chi connectivity index (χ0v) is 6.54. The van der Waals surface area contributed by atoms with E-state index in [1.54, 1.807) is 5.10 Å². The first-order valence-electron chi connectivity index (χ1n) is 3.35. The first-order chi connectivity index (χ1) is 6.34. The molecule has 0 aliphatic carbocycles. The number of aliphatic carboxylic acids is 1. The van der Waals surface area contributed by atoms with E-state index in [0.29, 0.717) is 6.20 Å². The van der Waals surface area contributed by atoms with Crippen LogP contribution in [0, 0.1) is 0 Å². The van der Waals surface area contributed by atoms with E-state index in [2.05, 4.69) is 5.10 Å². The summed E-state index contributed by atoms with van der Waals surface area (Å²) in [6.45, 7) is 0. The number of carboxylic acids is 1. The van der Waals surface area contributed by atoms with Crippen LogP contribution in [0.25, 0.3) is 0 Å². The normalized spacial score (nSPS) is 14.0. The van der Waals surface area contributed by atoms with Gasteiger partial charge in [0.15, 0.2) is 6.10 Å². The van der Waals surface area contributed by atoms with Crippen molar-refractivity contribution in [2.24, 2.45) is 0 Å². The van der Waals surface area contributed by atoms with Gasteiger partial charge in [0, 0.05) is 5.56 Å². The fourth-order valence-corrected chi connectivity index (χ4v) is 0.863. The molecule has 1 aromatic heterocycles. The van der Waals surface area contributed by atoms with Crippen LogP contribution in [-0.2, 0) is 11.0 Å². The maximum absolute atomic E-state index is 12.1. The van der Waals surface area contributed by atoms with Gasteiger partial charge in [-0.1, -0.05) is 0 Å². The molecule has 1 aromatic rings. The van der Waals surface area contributed by atoms with Crippen molar-refractivity contribution < 1.29 is 28.2 Å². The molecular formula is C6H5F3N2O3. The SMILES string of the molecule is O=C(O)C(O)c1cn[nH]c1C(F)(F)F. The quantitative estimate of drug-likeness (QED) is 0.665. The molecule has 0 fully saturated rings. The Morgan fingerprint density at radius 1 is 1.57 bits per heavy atom. The number of aliphatic hydroxyl groups excluding tert-OH is 1. The van der Waals surface area contributed by atoms with Crippen LogP contribution in [0.15, 0.2) is 6.20 Å². The second-order valence-electron chi connectivity index (χ2n) is 2.44. The third kappa shape index (κ3) is 1.84. The summed E-state index contributed by atoms with van der Waals surface area (Å²) in [5.74, 6) is -1.77. The highest BCUT2D eigenvalue weighted by atomic mass is 19.4. The first-order valence-corrected chi connectivity index (χ1v) is 3.35. The molecular weight excluding hydrogens is 205 g/mol. The third-order valence-corrected chi connectivity index (χ3v) is 1.48. The molecule has 0 spiro atoms. The highest BCUT2D eigenvalue weighted by Gasteiger charge is 2.38. The smallest absolute Gasteiger partial charge is 0.433 e. The molecule has 8 heteroatoms. The number of rotatable bonds is 2. The molecule has 0 aliphatic heterocycles. The number of hydrogen-bond acceptors (Lipinski definition) is 3. The van der Waals surface area contributed by atoms with Gasteiger partial charge < -0.3 is 10.2 Å².